The second kappa shape index (κ2) is 7.34. The van der Waals surface area contributed by atoms with Gasteiger partial charge in [0.15, 0.2) is 0 Å². The molecule has 8 heteroatoms. The number of nitrogen functional groups attached to an aromatic ring is 1. The lowest BCUT2D eigenvalue weighted by Gasteiger charge is -2.06. The number of H-pyrrole nitrogens is 1. The molecule has 0 unspecified atom stereocenters. The summed E-state index contributed by atoms with van der Waals surface area (Å²) in [7, 11) is 1.23. The zero-order chi connectivity index (χ0) is 19.7. The second-order valence-corrected chi connectivity index (χ2v) is 6.54. The zero-order valence-electron chi connectivity index (χ0n) is 14.0. The highest BCUT2D eigenvalue weighted by Crippen LogP contribution is 2.35. The van der Waals surface area contributed by atoms with Crippen molar-refractivity contribution < 1.29 is 19.4 Å². The molecule has 6 nitrogen and oxygen atoms in total. The molecule has 0 aliphatic carbocycles. The molecule has 1 heterocycles. The summed E-state index contributed by atoms with van der Waals surface area (Å²) in [5.41, 5.74) is 7.42. The predicted molar refractivity (Wildman–Crippen MR) is 106 cm³/mol. The number of ether oxygens (including phenoxy) is 1. The number of carbonyl (C=O) groups is 2. The monoisotopic (exact) mass is 404 g/mol. The van der Waals surface area contributed by atoms with Crippen molar-refractivity contribution in [3.63, 3.8) is 0 Å². The molecule has 0 bridgehead atoms. The minimum absolute atomic E-state index is 0.0351. The fraction of sp³-hybridized carbons (Fsp3) is 0.0526. The number of esters is 1. The van der Waals surface area contributed by atoms with Gasteiger partial charge in [0.05, 0.1) is 17.7 Å². The smallest absolute Gasteiger partial charge is 0.355 e. The molecule has 27 heavy (non-hydrogen) atoms. The number of carboxylic acid groups (broad SMARTS) is 1. The number of nitrogens with two attached hydrogens (primary N) is 1. The highest BCUT2D eigenvalue weighted by Gasteiger charge is 2.22. The summed E-state index contributed by atoms with van der Waals surface area (Å²) in [5, 5.41) is 10.8. The number of rotatable bonds is 4. The molecule has 1 aromatic heterocycles. The number of aromatic nitrogens is 1. The summed E-state index contributed by atoms with van der Waals surface area (Å²) >= 11 is 12.3. The third-order valence-electron chi connectivity index (χ3n) is 3.98. The Morgan fingerprint density at radius 2 is 1.85 bits per heavy atom. The maximum absolute atomic E-state index is 12.2. The Hall–Kier alpha value is -2.96. The number of carboxylic acids is 1. The van der Waals surface area contributed by atoms with Crippen LogP contribution in [0.15, 0.2) is 36.4 Å². The van der Waals surface area contributed by atoms with Gasteiger partial charge in [0.25, 0.3) is 0 Å². The molecule has 0 aliphatic heterocycles. The van der Waals surface area contributed by atoms with E-state index in [1.54, 1.807) is 30.3 Å². The lowest BCUT2D eigenvalue weighted by atomic mass is 10.0. The molecule has 0 amide bonds. The SMILES string of the molecule is COC(=O)c1[nH]c2cc(Cl)cc(Cl)c2c1/C=C(\C(=O)O)c1ccc(N)cc1. The first kappa shape index (κ1) is 18.8. The molecule has 2 aromatic carbocycles. The molecule has 0 atom stereocenters. The van der Waals surface area contributed by atoms with Crippen molar-refractivity contribution >= 4 is 63.4 Å². The average Bonchev–Trinajstić information content (AvgIpc) is 2.98. The van der Waals surface area contributed by atoms with E-state index in [1.165, 1.54) is 19.3 Å². The Balaban J connectivity index is 2.33. The molecule has 138 valence electrons. The standard InChI is InChI=1S/C19H14Cl2N2O4/c1-27-19(26)17-13(16-14(21)6-10(20)7-15(16)23-17)8-12(18(24)25)9-2-4-11(22)5-3-9/h2-8,23H,22H2,1H3,(H,24,25)/b12-8-. The number of hydrogen-bond acceptors (Lipinski definition) is 4. The van der Waals surface area contributed by atoms with E-state index in [4.69, 9.17) is 33.7 Å². The quantitative estimate of drug-likeness (QED) is 0.338. The van der Waals surface area contributed by atoms with Crippen molar-refractivity contribution in [3.05, 3.63) is 63.3 Å². The van der Waals surface area contributed by atoms with Crippen LogP contribution in [0.2, 0.25) is 10.0 Å². The average molecular weight is 405 g/mol. The molecule has 0 saturated heterocycles. The molecule has 0 aliphatic rings. The number of hydrogen-bond donors (Lipinski definition) is 3. The fourth-order valence-electron chi connectivity index (χ4n) is 2.76. The van der Waals surface area contributed by atoms with E-state index < -0.39 is 11.9 Å². The van der Waals surface area contributed by atoms with Gasteiger partial charge in [-0.15, -0.1) is 0 Å². The lowest BCUT2D eigenvalue weighted by molar-refractivity contribution is -0.130. The Bertz CT molecular complexity index is 1090. The molecule has 0 saturated carbocycles. The maximum Gasteiger partial charge on any atom is 0.355 e. The number of nitrogens with one attached hydrogen (secondary N) is 1. The van der Waals surface area contributed by atoms with E-state index in [0.29, 0.717) is 32.7 Å². The normalized spacial score (nSPS) is 11.6. The lowest BCUT2D eigenvalue weighted by Crippen LogP contribution is -2.05. The maximum atomic E-state index is 12.2. The molecule has 4 N–H and O–H groups in total. The summed E-state index contributed by atoms with van der Waals surface area (Å²) < 4.78 is 4.80. The number of anilines is 1. The summed E-state index contributed by atoms with van der Waals surface area (Å²) in [4.78, 5) is 27.0. The topological polar surface area (TPSA) is 105 Å². The Morgan fingerprint density at radius 3 is 2.44 bits per heavy atom. The molecule has 0 spiro atoms. The summed E-state index contributed by atoms with van der Waals surface area (Å²) in [6.07, 6.45) is 1.37. The third kappa shape index (κ3) is 3.63. The zero-order valence-corrected chi connectivity index (χ0v) is 15.6. The molecular formula is C19H14Cl2N2O4. The minimum Gasteiger partial charge on any atom is -0.478 e. The van der Waals surface area contributed by atoms with Gasteiger partial charge in [0.1, 0.15) is 5.69 Å². The number of benzene rings is 2. The number of halogens is 2. The van der Waals surface area contributed by atoms with Crippen molar-refractivity contribution in [1.29, 1.82) is 0 Å². The van der Waals surface area contributed by atoms with Crippen molar-refractivity contribution in [2.45, 2.75) is 0 Å². The van der Waals surface area contributed by atoms with Crippen LogP contribution in [-0.2, 0) is 9.53 Å². The van der Waals surface area contributed by atoms with Crippen LogP contribution in [0.5, 0.6) is 0 Å². The first-order valence-electron chi connectivity index (χ1n) is 7.71. The predicted octanol–water partition coefficient (Wildman–Crippen LogP) is 4.47. The van der Waals surface area contributed by atoms with Gasteiger partial charge >= 0.3 is 11.9 Å². The van der Waals surface area contributed by atoms with Crippen molar-refractivity contribution in [3.8, 4) is 0 Å². The van der Waals surface area contributed by atoms with Gasteiger partial charge in [-0.25, -0.2) is 9.59 Å². The van der Waals surface area contributed by atoms with Crippen LogP contribution in [-0.4, -0.2) is 29.1 Å². The van der Waals surface area contributed by atoms with Crippen LogP contribution in [0.4, 0.5) is 5.69 Å². The highest BCUT2D eigenvalue weighted by atomic mass is 35.5. The van der Waals surface area contributed by atoms with Crippen molar-refractivity contribution in [2.75, 3.05) is 12.8 Å². The summed E-state index contributed by atoms with van der Waals surface area (Å²) in [6.45, 7) is 0. The summed E-state index contributed by atoms with van der Waals surface area (Å²) in [5.74, 6) is -1.83. The van der Waals surface area contributed by atoms with Gasteiger partial charge in [-0.05, 0) is 35.9 Å². The van der Waals surface area contributed by atoms with Gasteiger partial charge in [-0.3, -0.25) is 0 Å². The third-order valence-corrected chi connectivity index (χ3v) is 4.50. The van der Waals surface area contributed by atoms with Crippen molar-refractivity contribution in [2.24, 2.45) is 0 Å². The molecule has 3 rings (SSSR count). The number of methoxy groups -OCH3 is 1. The van der Waals surface area contributed by atoms with Gasteiger partial charge in [0.2, 0.25) is 0 Å². The van der Waals surface area contributed by atoms with Crippen LogP contribution < -0.4 is 5.73 Å². The molecular weight excluding hydrogens is 391 g/mol. The second-order valence-electron chi connectivity index (χ2n) is 5.70. The molecule has 0 radical (unpaired) electrons. The first-order valence-corrected chi connectivity index (χ1v) is 8.47. The summed E-state index contributed by atoms with van der Waals surface area (Å²) in [6, 6.07) is 9.46. The van der Waals surface area contributed by atoms with E-state index in [2.05, 4.69) is 4.98 Å². The van der Waals surface area contributed by atoms with E-state index >= 15 is 0 Å². The Labute approximate surface area is 164 Å². The fourth-order valence-corrected chi connectivity index (χ4v) is 3.35. The van der Waals surface area contributed by atoms with E-state index in [9.17, 15) is 14.7 Å². The number of aliphatic carboxylic acids is 1. The van der Waals surface area contributed by atoms with Crippen LogP contribution in [0, 0.1) is 0 Å². The van der Waals surface area contributed by atoms with Gasteiger partial charge in [-0.2, -0.15) is 0 Å². The molecule has 3 aromatic rings. The number of carbonyl (C=O) groups excluding carboxylic acids is 1. The Morgan fingerprint density at radius 1 is 1.19 bits per heavy atom. The van der Waals surface area contributed by atoms with Crippen LogP contribution in [0.1, 0.15) is 21.6 Å². The Kier molecular flexibility index (Phi) is 5.12. The van der Waals surface area contributed by atoms with E-state index in [1.807, 2.05) is 0 Å². The van der Waals surface area contributed by atoms with E-state index in [0.717, 1.165) is 0 Å². The number of aromatic amines is 1. The van der Waals surface area contributed by atoms with Gasteiger partial charge in [0, 0.05) is 27.2 Å². The van der Waals surface area contributed by atoms with Crippen LogP contribution in [0.25, 0.3) is 22.6 Å². The minimum atomic E-state index is -1.17. The van der Waals surface area contributed by atoms with Crippen LogP contribution in [0.3, 0.4) is 0 Å². The number of fused-ring (bicyclic) bond motifs is 1. The van der Waals surface area contributed by atoms with Gasteiger partial charge < -0.3 is 20.6 Å². The van der Waals surface area contributed by atoms with Gasteiger partial charge in [-0.1, -0.05) is 35.3 Å². The first-order chi connectivity index (χ1) is 12.8. The van der Waals surface area contributed by atoms with E-state index in [-0.39, 0.29) is 16.3 Å². The largest absolute Gasteiger partial charge is 0.478 e. The molecule has 0 fully saturated rings. The highest BCUT2D eigenvalue weighted by molar-refractivity contribution is 6.39. The van der Waals surface area contributed by atoms with Crippen molar-refractivity contribution in [1.82, 2.24) is 4.98 Å². The van der Waals surface area contributed by atoms with Crippen LogP contribution >= 0.6 is 23.2 Å².